The molecule has 0 unspecified atom stereocenters. The Morgan fingerprint density at radius 2 is 2.19 bits per heavy atom. The molecule has 2 aromatic rings. The lowest BCUT2D eigenvalue weighted by atomic mass is 10.2. The zero-order valence-electron chi connectivity index (χ0n) is 11.8. The molecule has 1 amide bonds. The van der Waals surface area contributed by atoms with Crippen LogP contribution in [0, 0.1) is 17.0 Å². The Morgan fingerprint density at radius 1 is 1.48 bits per heavy atom. The molecular weight excluding hydrogens is 276 g/mol. The lowest BCUT2D eigenvalue weighted by molar-refractivity contribution is -0.384. The fourth-order valence-corrected chi connectivity index (χ4v) is 1.81. The van der Waals surface area contributed by atoms with Gasteiger partial charge in [0.1, 0.15) is 5.75 Å². The van der Waals surface area contributed by atoms with Gasteiger partial charge in [0.25, 0.3) is 11.6 Å². The van der Waals surface area contributed by atoms with E-state index in [-0.39, 0.29) is 17.3 Å². The van der Waals surface area contributed by atoms with Crippen LogP contribution in [0.15, 0.2) is 24.4 Å². The molecule has 110 valence electrons. The third-order valence-electron chi connectivity index (χ3n) is 3.12. The number of amides is 1. The Bertz CT molecular complexity index is 708. The van der Waals surface area contributed by atoms with E-state index in [1.807, 2.05) is 0 Å². The van der Waals surface area contributed by atoms with Crippen LogP contribution in [0.3, 0.4) is 0 Å². The van der Waals surface area contributed by atoms with Gasteiger partial charge in [-0.1, -0.05) is 0 Å². The summed E-state index contributed by atoms with van der Waals surface area (Å²) < 4.78 is 6.65. The minimum Gasteiger partial charge on any atom is -0.494 e. The number of anilines is 1. The minimum absolute atomic E-state index is 0.109. The fourth-order valence-electron chi connectivity index (χ4n) is 1.81. The molecule has 0 fully saturated rings. The molecule has 8 heteroatoms. The maximum absolute atomic E-state index is 12.2. The standard InChI is InChI=1S/C13H14N4O4/c1-8-10(7-14-16(8)2)13(18)15-11-5-4-9(17(19)20)6-12(11)21-3/h4-7H,1-3H3,(H,15,18). The molecule has 0 aliphatic heterocycles. The quantitative estimate of drug-likeness (QED) is 0.684. The molecule has 0 atom stereocenters. The van der Waals surface area contributed by atoms with E-state index in [1.165, 1.54) is 31.5 Å². The number of nitro groups is 1. The fraction of sp³-hybridized carbons (Fsp3) is 0.231. The van der Waals surface area contributed by atoms with Gasteiger partial charge in [-0.15, -0.1) is 0 Å². The summed E-state index contributed by atoms with van der Waals surface area (Å²) >= 11 is 0. The Labute approximate surface area is 120 Å². The average Bonchev–Trinajstić information content (AvgIpc) is 2.79. The first-order chi connectivity index (χ1) is 9.93. The number of nitrogens with zero attached hydrogens (tertiary/aromatic N) is 3. The number of methoxy groups -OCH3 is 1. The second kappa shape index (κ2) is 5.61. The van der Waals surface area contributed by atoms with Crippen molar-refractivity contribution in [1.29, 1.82) is 0 Å². The molecule has 1 aromatic heterocycles. The van der Waals surface area contributed by atoms with E-state index in [0.717, 1.165) is 0 Å². The zero-order chi connectivity index (χ0) is 15.6. The summed E-state index contributed by atoms with van der Waals surface area (Å²) in [5.74, 6) is -0.133. The highest BCUT2D eigenvalue weighted by molar-refractivity contribution is 6.05. The minimum atomic E-state index is -0.528. The van der Waals surface area contributed by atoms with Gasteiger partial charge in [0.05, 0.1) is 35.5 Å². The molecule has 0 aliphatic rings. The first kappa shape index (κ1) is 14.5. The van der Waals surface area contributed by atoms with E-state index in [9.17, 15) is 14.9 Å². The Hall–Kier alpha value is -2.90. The predicted octanol–water partition coefficient (Wildman–Crippen LogP) is 1.90. The van der Waals surface area contributed by atoms with Gasteiger partial charge < -0.3 is 10.1 Å². The van der Waals surface area contributed by atoms with Crippen molar-refractivity contribution in [3.63, 3.8) is 0 Å². The molecule has 1 heterocycles. The van der Waals surface area contributed by atoms with Crippen LogP contribution in [0.25, 0.3) is 0 Å². The zero-order valence-corrected chi connectivity index (χ0v) is 11.8. The van der Waals surface area contributed by atoms with Gasteiger partial charge in [0, 0.05) is 18.8 Å². The highest BCUT2D eigenvalue weighted by Gasteiger charge is 2.17. The summed E-state index contributed by atoms with van der Waals surface area (Å²) in [5.41, 5.74) is 1.39. The third-order valence-corrected chi connectivity index (χ3v) is 3.12. The summed E-state index contributed by atoms with van der Waals surface area (Å²) in [6.07, 6.45) is 1.46. The highest BCUT2D eigenvalue weighted by Crippen LogP contribution is 2.29. The number of benzene rings is 1. The second-order valence-corrected chi connectivity index (χ2v) is 4.36. The van der Waals surface area contributed by atoms with Crippen molar-refractivity contribution < 1.29 is 14.5 Å². The van der Waals surface area contributed by atoms with Crippen LogP contribution in [-0.4, -0.2) is 27.7 Å². The molecule has 0 saturated carbocycles. The first-order valence-corrected chi connectivity index (χ1v) is 6.06. The topological polar surface area (TPSA) is 99.3 Å². The van der Waals surface area contributed by atoms with Crippen molar-refractivity contribution in [2.24, 2.45) is 7.05 Å². The number of nitro benzene ring substituents is 1. The average molecular weight is 290 g/mol. The van der Waals surface area contributed by atoms with Crippen LogP contribution >= 0.6 is 0 Å². The van der Waals surface area contributed by atoms with Crippen LogP contribution in [0.1, 0.15) is 16.1 Å². The SMILES string of the molecule is COc1cc([N+](=O)[O-])ccc1NC(=O)c1cnn(C)c1C. The molecule has 21 heavy (non-hydrogen) atoms. The summed E-state index contributed by atoms with van der Waals surface area (Å²) in [7, 11) is 3.11. The third kappa shape index (κ3) is 2.83. The number of carbonyl (C=O) groups is 1. The van der Waals surface area contributed by atoms with Crippen LogP contribution in [0.5, 0.6) is 5.75 Å². The highest BCUT2D eigenvalue weighted by atomic mass is 16.6. The predicted molar refractivity (Wildman–Crippen MR) is 75.5 cm³/mol. The molecule has 2 rings (SSSR count). The lowest BCUT2D eigenvalue weighted by Gasteiger charge is -2.09. The van der Waals surface area contributed by atoms with Crippen molar-refractivity contribution in [1.82, 2.24) is 9.78 Å². The van der Waals surface area contributed by atoms with Crippen molar-refractivity contribution in [2.45, 2.75) is 6.92 Å². The molecule has 0 saturated heterocycles. The smallest absolute Gasteiger partial charge is 0.273 e. The maximum Gasteiger partial charge on any atom is 0.273 e. The number of carbonyl (C=O) groups excluding carboxylic acids is 1. The van der Waals surface area contributed by atoms with E-state index in [1.54, 1.807) is 18.7 Å². The van der Waals surface area contributed by atoms with Gasteiger partial charge in [-0.2, -0.15) is 5.10 Å². The van der Waals surface area contributed by atoms with Gasteiger partial charge in [-0.25, -0.2) is 0 Å². The van der Waals surface area contributed by atoms with Crippen molar-refractivity contribution in [3.8, 4) is 5.75 Å². The Balaban J connectivity index is 2.29. The number of rotatable bonds is 4. The van der Waals surface area contributed by atoms with Crippen molar-refractivity contribution >= 4 is 17.3 Å². The van der Waals surface area contributed by atoms with Crippen molar-refractivity contribution in [3.05, 3.63) is 45.8 Å². The monoisotopic (exact) mass is 290 g/mol. The maximum atomic E-state index is 12.2. The van der Waals surface area contributed by atoms with Gasteiger partial charge in [0.2, 0.25) is 0 Å². The van der Waals surface area contributed by atoms with E-state index in [2.05, 4.69) is 10.4 Å². The van der Waals surface area contributed by atoms with Crippen LogP contribution in [-0.2, 0) is 7.05 Å². The van der Waals surface area contributed by atoms with E-state index < -0.39 is 4.92 Å². The van der Waals surface area contributed by atoms with E-state index in [4.69, 9.17) is 4.74 Å². The molecule has 1 N–H and O–H groups in total. The molecule has 0 radical (unpaired) electrons. The van der Waals surface area contributed by atoms with Gasteiger partial charge >= 0.3 is 0 Å². The molecule has 1 aromatic carbocycles. The number of aromatic nitrogens is 2. The number of hydrogen-bond acceptors (Lipinski definition) is 5. The Morgan fingerprint density at radius 3 is 2.71 bits per heavy atom. The summed E-state index contributed by atoms with van der Waals surface area (Å²) in [4.78, 5) is 22.4. The molecular formula is C13H14N4O4. The van der Waals surface area contributed by atoms with Gasteiger partial charge in [0.15, 0.2) is 0 Å². The summed E-state index contributed by atoms with van der Waals surface area (Å²) in [6, 6.07) is 3.99. The second-order valence-electron chi connectivity index (χ2n) is 4.36. The number of aryl methyl sites for hydroxylation is 1. The van der Waals surface area contributed by atoms with Crippen LogP contribution in [0.2, 0.25) is 0 Å². The number of non-ortho nitro benzene ring substituents is 1. The first-order valence-electron chi connectivity index (χ1n) is 6.06. The van der Waals surface area contributed by atoms with Crippen molar-refractivity contribution in [2.75, 3.05) is 12.4 Å². The normalized spacial score (nSPS) is 10.2. The number of hydrogen-bond donors (Lipinski definition) is 1. The number of nitrogens with one attached hydrogen (secondary N) is 1. The van der Waals surface area contributed by atoms with Gasteiger partial charge in [-0.05, 0) is 13.0 Å². The van der Waals surface area contributed by atoms with Crippen LogP contribution < -0.4 is 10.1 Å². The molecule has 0 aliphatic carbocycles. The summed E-state index contributed by atoms with van der Waals surface area (Å²) in [5, 5.41) is 17.4. The molecule has 8 nitrogen and oxygen atoms in total. The molecule has 0 spiro atoms. The number of ether oxygens (including phenoxy) is 1. The van der Waals surface area contributed by atoms with E-state index >= 15 is 0 Å². The van der Waals surface area contributed by atoms with Crippen LogP contribution in [0.4, 0.5) is 11.4 Å². The Kier molecular flexibility index (Phi) is 3.88. The van der Waals surface area contributed by atoms with Gasteiger partial charge in [-0.3, -0.25) is 19.6 Å². The molecule has 0 bridgehead atoms. The summed E-state index contributed by atoms with van der Waals surface area (Å²) in [6.45, 7) is 1.77. The van der Waals surface area contributed by atoms with E-state index in [0.29, 0.717) is 16.9 Å². The lowest BCUT2D eigenvalue weighted by Crippen LogP contribution is -2.13. The largest absolute Gasteiger partial charge is 0.494 e.